The Morgan fingerprint density at radius 1 is 0.921 bits per heavy atom. The van der Waals surface area contributed by atoms with Gasteiger partial charge in [-0.2, -0.15) is 5.10 Å². The van der Waals surface area contributed by atoms with Crippen LogP contribution in [0.25, 0.3) is 0 Å². The first-order valence-corrected chi connectivity index (χ1v) is 12.6. The average molecular weight is 542 g/mol. The fourth-order valence-electron chi connectivity index (χ4n) is 3.21. The number of nitrogens with zero attached hydrogens (tertiary/aromatic N) is 2. The highest BCUT2D eigenvalue weighted by Crippen LogP contribution is 2.35. The van der Waals surface area contributed by atoms with Crippen molar-refractivity contribution in [3.05, 3.63) is 78.4 Å². The number of carbonyl (C=O) groups excluding carboxylic acids is 2. The van der Waals surface area contributed by atoms with Crippen LogP contribution in [-0.2, 0) is 24.3 Å². The zero-order valence-electron chi connectivity index (χ0n) is 21.0. The molecular weight excluding hydrogens is 514 g/mol. The number of rotatable bonds is 12. The molecule has 0 unspecified atom stereocenters. The van der Waals surface area contributed by atoms with Crippen LogP contribution in [0.3, 0.4) is 0 Å². The predicted octanol–water partition coefficient (Wildman–Crippen LogP) is 2.60. The normalized spacial score (nSPS) is 11.0. The molecule has 0 bridgehead atoms. The molecular formula is C26H27N3O8S. The van der Waals surface area contributed by atoms with E-state index >= 15 is 0 Å². The molecule has 0 atom stereocenters. The summed E-state index contributed by atoms with van der Waals surface area (Å²) in [5.41, 5.74) is 3.09. The number of esters is 1. The van der Waals surface area contributed by atoms with E-state index in [9.17, 15) is 18.0 Å². The summed E-state index contributed by atoms with van der Waals surface area (Å²) >= 11 is 0. The standard InChI is InChI=1S/C26H27N3O8S/c1-34-21-13-14-24(35-2)23(15-21)29(38(32,33)22-7-5-4-6-8-22)17-25(30)28-27-16-19-9-11-20(12-10-19)37-18-26(31)36-3/h4-16H,17-18H2,1-3H3,(H,28,30)/b27-16-. The van der Waals surface area contributed by atoms with Gasteiger partial charge in [-0.15, -0.1) is 0 Å². The number of sulfonamides is 1. The number of carbonyl (C=O) groups is 2. The van der Waals surface area contributed by atoms with Crippen molar-refractivity contribution in [1.82, 2.24) is 5.43 Å². The molecule has 0 saturated heterocycles. The Labute approximate surface area is 220 Å². The number of amides is 1. The van der Waals surface area contributed by atoms with Crippen molar-refractivity contribution in [2.75, 3.05) is 38.8 Å². The van der Waals surface area contributed by atoms with Crippen molar-refractivity contribution in [3.8, 4) is 17.2 Å². The van der Waals surface area contributed by atoms with E-state index < -0.39 is 28.4 Å². The third-order valence-corrected chi connectivity index (χ3v) is 6.91. The minimum atomic E-state index is -4.16. The molecule has 3 aromatic carbocycles. The lowest BCUT2D eigenvalue weighted by Crippen LogP contribution is -2.39. The van der Waals surface area contributed by atoms with Gasteiger partial charge in [-0.25, -0.2) is 18.6 Å². The Morgan fingerprint density at radius 2 is 1.61 bits per heavy atom. The average Bonchev–Trinajstić information content (AvgIpc) is 2.95. The molecule has 0 fully saturated rings. The van der Waals surface area contributed by atoms with Crippen molar-refractivity contribution in [2.45, 2.75) is 4.90 Å². The van der Waals surface area contributed by atoms with Gasteiger partial charge in [0.15, 0.2) is 6.61 Å². The second-order valence-electron chi connectivity index (χ2n) is 7.59. The molecule has 1 N–H and O–H groups in total. The number of ether oxygens (including phenoxy) is 4. The van der Waals surface area contributed by atoms with Crippen LogP contribution in [0.2, 0.25) is 0 Å². The summed E-state index contributed by atoms with van der Waals surface area (Å²) in [7, 11) is -0.0543. The van der Waals surface area contributed by atoms with E-state index in [4.69, 9.17) is 14.2 Å². The molecule has 0 heterocycles. The van der Waals surface area contributed by atoms with Gasteiger partial charge in [0.2, 0.25) is 0 Å². The Morgan fingerprint density at radius 3 is 2.24 bits per heavy atom. The van der Waals surface area contributed by atoms with E-state index in [1.165, 1.54) is 45.7 Å². The van der Waals surface area contributed by atoms with E-state index in [0.717, 1.165) is 4.31 Å². The zero-order chi connectivity index (χ0) is 27.5. The zero-order valence-corrected chi connectivity index (χ0v) is 21.8. The number of hydrogen-bond acceptors (Lipinski definition) is 9. The number of hydrogen-bond donors (Lipinski definition) is 1. The van der Waals surface area contributed by atoms with Crippen LogP contribution in [0.1, 0.15) is 5.56 Å². The lowest BCUT2D eigenvalue weighted by Gasteiger charge is -2.25. The highest BCUT2D eigenvalue weighted by atomic mass is 32.2. The van der Waals surface area contributed by atoms with E-state index in [2.05, 4.69) is 15.3 Å². The third kappa shape index (κ3) is 7.23. The van der Waals surface area contributed by atoms with Crippen LogP contribution in [0.4, 0.5) is 5.69 Å². The lowest BCUT2D eigenvalue weighted by atomic mass is 10.2. The van der Waals surface area contributed by atoms with Crippen LogP contribution in [0, 0.1) is 0 Å². The van der Waals surface area contributed by atoms with E-state index in [0.29, 0.717) is 17.1 Å². The number of anilines is 1. The van der Waals surface area contributed by atoms with Crippen LogP contribution in [0.15, 0.2) is 82.8 Å². The SMILES string of the molecule is COC(=O)COc1ccc(/C=N\NC(=O)CN(c2cc(OC)ccc2OC)S(=O)(=O)c2ccccc2)cc1. The summed E-state index contributed by atoms with van der Waals surface area (Å²) in [6.45, 7) is -0.807. The maximum Gasteiger partial charge on any atom is 0.343 e. The molecule has 38 heavy (non-hydrogen) atoms. The Balaban J connectivity index is 1.79. The van der Waals surface area contributed by atoms with Crippen LogP contribution in [0.5, 0.6) is 17.2 Å². The van der Waals surface area contributed by atoms with Gasteiger partial charge in [0, 0.05) is 6.07 Å². The van der Waals surface area contributed by atoms with Gasteiger partial charge >= 0.3 is 5.97 Å². The smallest absolute Gasteiger partial charge is 0.343 e. The highest BCUT2D eigenvalue weighted by molar-refractivity contribution is 7.92. The van der Waals surface area contributed by atoms with Crippen LogP contribution < -0.4 is 23.9 Å². The van der Waals surface area contributed by atoms with Gasteiger partial charge in [-0.3, -0.25) is 9.10 Å². The van der Waals surface area contributed by atoms with E-state index in [-0.39, 0.29) is 22.9 Å². The molecule has 0 aliphatic rings. The summed E-state index contributed by atoms with van der Waals surface area (Å²) in [6, 6.07) is 18.9. The quantitative estimate of drug-likeness (QED) is 0.210. The van der Waals surface area contributed by atoms with Crippen LogP contribution >= 0.6 is 0 Å². The maximum absolute atomic E-state index is 13.5. The largest absolute Gasteiger partial charge is 0.497 e. The maximum atomic E-state index is 13.5. The summed E-state index contributed by atoms with van der Waals surface area (Å²) in [4.78, 5) is 24.0. The second kappa shape index (κ2) is 13.1. The Bertz CT molecular complexity index is 1380. The van der Waals surface area contributed by atoms with Gasteiger partial charge in [-0.1, -0.05) is 18.2 Å². The van der Waals surface area contributed by atoms with Gasteiger partial charge in [0.05, 0.1) is 38.1 Å². The Hall–Kier alpha value is -4.58. The molecule has 3 rings (SSSR count). The monoisotopic (exact) mass is 541 g/mol. The molecule has 1 amide bonds. The van der Waals surface area contributed by atoms with Gasteiger partial charge in [0.1, 0.15) is 23.8 Å². The lowest BCUT2D eigenvalue weighted by molar-refractivity contribution is -0.142. The van der Waals surface area contributed by atoms with Crippen LogP contribution in [-0.4, -0.2) is 61.0 Å². The number of hydrazone groups is 1. The fraction of sp³-hybridized carbons (Fsp3) is 0.192. The first-order valence-electron chi connectivity index (χ1n) is 11.2. The van der Waals surface area contributed by atoms with Crippen molar-refractivity contribution < 1.29 is 37.0 Å². The summed E-state index contributed by atoms with van der Waals surface area (Å²) in [5, 5.41) is 3.92. The van der Waals surface area contributed by atoms with Crippen molar-refractivity contribution in [2.24, 2.45) is 5.10 Å². The Kier molecular flexibility index (Phi) is 9.66. The highest BCUT2D eigenvalue weighted by Gasteiger charge is 2.29. The van der Waals surface area contributed by atoms with Crippen molar-refractivity contribution in [3.63, 3.8) is 0 Å². The minimum absolute atomic E-state index is 0.00400. The van der Waals surface area contributed by atoms with Crippen molar-refractivity contribution in [1.29, 1.82) is 0 Å². The molecule has 0 aliphatic carbocycles. The second-order valence-corrected chi connectivity index (χ2v) is 9.45. The van der Waals surface area contributed by atoms with E-state index in [1.54, 1.807) is 54.6 Å². The summed E-state index contributed by atoms with van der Waals surface area (Å²) in [6.07, 6.45) is 1.38. The summed E-state index contributed by atoms with van der Waals surface area (Å²) < 4.78 is 48.4. The minimum Gasteiger partial charge on any atom is -0.497 e. The van der Waals surface area contributed by atoms with Gasteiger partial charge in [0.25, 0.3) is 15.9 Å². The van der Waals surface area contributed by atoms with E-state index in [1.807, 2.05) is 0 Å². The first-order chi connectivity index (χ1) is 18.3. The van der Waals surface area contributed by atoms with Gasteiger partial charge < -0.3 is 18.9 Å². The van der Waals surface area contributed by atoms with Gasteiger partial charge in [-0.05, 0) is 54.1 Å². The molecule has 11 nitrogen and oxygen atoms in total. The molecule has 0 spiro atoms. The number of methoxy groups -OCH3 is 3. The predicted molar refractivity (Wildman–Crippen MR) is 140 cm³/mol. The molecule has 3 aromatic rings. The molecule has 0 saturated carbocycles. The fourth-order valence-corrected chi connectivity index (χ4v) is 4.65. The number of nitrogens with one attached hydrogen (secondary N) is 1. The molecule has 0 radical (unpaired) electrons. The first kappa shape index (κ1) is 28.0. The molecule has 0 aromatic heterocycles. The van der Waals surface area contributed by atoms with Crippen molar-refractivity contribution >= 4 is 33.8 Å². The summed E-state index contributed by atoms with van der Waals surface area (Å²) in [5.74, 6) is -0.134. The molecule has 200 valence electrons. The third-order valence-electron chi connectivity index (χ3n) is 5.14. The topological polar surface area (TPSA) is 133 Å². The molecule has 12 heteroatoms. The molecule has 0 aliphatic heterocycles. The number of benzene rings is 3.